The first kappa shape index (κ1) is 7.53. The molecule has 0 N–H and O–H groups in total. The highest BCUT2D eigenvalue weighted by molar-refractivity contribution is 7.22. The van der Waals surface area contributed by atoms with Crippen LogP contribution in [0.2, 0.25) is 4.47 Å². The molecule has 4 heteroatoms. The van der Waals surface area contributed by atoms with E-state index in [2.05, 4.69) is 11.1 Å². The van der Waals surface area contributed by atoms with Crippen molar-refractivity contribution in [3.05, 3.63) is 28.2 Å². The summed E-state index contributed by atoms with van der Waals surface area (Å²) in [4.78, 5) is 4.05. The van der Waals surface area contributed by atoms with Crippen LogP contribution in [0.1, 0.15) is 5.56 Å². The summed E-state index contributed by atoms with van der Waals surface area (Å²) in [5, 5.41) is 8.72. The molecule has 0 unspecified atom stereocenters. The van der Waals surface area contributed by atoms with Crippen molar-refractivity contribution in [1.29, 1.82) is 5.26 Å². The van der Waals surface area contributed by atoms with Crippen LogP contribution in [0.25, 0.3) is 10.2 Å². The molecule has 1 aromatic carbocycles. The van der Waals surface area contributed by atoms with Crippen LogP contribution in [-0.4, -0.2) is 4.98 Å². The number of hydrogen-bond donors (Lipinski definition) is 0. The van der Waals surface area contributed by atoms with Gasteiger partial charge in [0.25, 0.3) is 0 Å². The average Bonchev–Trinajstić information content (AvgIpc) is 2.44. The van der Waals surface area contributed by atoms with E-state index in [0.29, 0.717) is 15.5 Å². The summed E-state index contributed by atoms with van der Waals surface area (Å²) in [6.45, 7) is 0. The van der Waals surface area contributed by atoms with Crippen molar-refractivity contribution in [2.75, 3.05) is 0 Å². The average molecular weight is 195 g/mol. The highest BCUT2D eigenvalue weighted by atomic mass is 35.5. The Kier molecular flexibility index (Phi) is 1.72. The molecule has 0 aliphatic heterocycles. The molecule has 58 valence electrons. The zero-order valence-electron chi connectivity index (χ0n) is 5.91. The van der Waals surface area contributed by atoms with Crippen LogP contribution >= 0.6 is 22.9 Å². The van der Waals surface area contributed by atoms with Gasteiger partial charge in [0.15, 0.2) is 4.47 Å². The van der Waals surface area contributed by atoms with E-state index in [0.717, 1.165) is 4.70 Å². The molecule has 0 spiro atoms. The summed E-state index contributed by atoms with van der Waals surface area (Å²) >= 11 is 7.09. The molecular formula is C8H3ClN2S. The monoisotopic (exact) mass is 194 g/mol. The summed E-state index contributed by atoms with van der Waals surface area (Å²) in [7, 11) is 0. The van der Waals surface area contributed by atoms with E-state index in [1.54, 1.807) is 6.07 Å². The fourth-order valence-corrected chi connectivity index (χ4v) is 2.06. The number of fused-ring (bicyclic) bond motifs is 1. The molecular weight excluding hydrogens is 192 g/mol. The van der Waals surface area contributed by atoms with Gasteiger partial charge in [-0.2, -0.15) is 5.26 Å². The third-order valence-corrected chi connectivity index (χ3v) is 2.64. The molecule has 2 rings (SSSR count). The van der Waals surface area contributed by atoms with E-state index in [4.69, 9.17) is 16.9 Å². The Hall–Kier alpha value is -1.11. The summed E-state index contributed by atoms with van der Waals surface area (Å²) in [5.41, 5.74) is 1.28. The van der Waals surface area contributed by atoms with Crippen molar-refractivity contribution in [3.63, 3.8) is 0 Å². The standard InChI is InChI=1S/C8H3ClN2S/c9-8-11-7-5(4-10)2-1-3-6(7)12-8/h1-3H. The molecule has 0 bridgehead atoms. The van der Waals surface area contributed by atoms with Crippen molar-refractivity contribution in [1.82, 2.24) is 4.98 Å². The van der Waals surface area contributed by atoms with Crippen molar-refractivity contribution in [3.8, 4) is 6.07 Å². The van der Waals surface area contributed by atoms with Gasteiger partial charge in [-0.1, -0.05) is 17.7 Å². The van der Waals surface area contributed by atoms with E-state index in [1.807, 2.05) is 12.1 Å². The Bertz CT molecular complexity index is 469. The van der Waals surface area contributed by atoms with Gasteiger partial charge in [0.05, 0.1) is 10.3 Å². The van der Waals surface area contributed by atoms with Crippen LogP contribution in [0.4, 0.5) is 0 Å². The Morgan fingerprint density at radius 3 is 3.08 bits per heavy atom. The van der Waals surface area contributed by atoms with Crippen LogP contribution in [0.15, 0.2) is 18.2 Å². The molecule has 0 atom stereocenters. The van der Waals surface area contributed by atoms with Crippen molar-refractivity contribution >= 4 is 33.2 Å². The lowest BCUT2D eigenvalue weighted by Gasteiger charge is -1.87. The third-order valence-electron chi connectivity index (χ3n) is 1.51. The third kappa shape index (κ3) is 1.06. The van der Waals surface area contributed by atoms with Gasteiger partial charge in [-0.3, -0.25) is 0 Å². The number of aromatic nitrogens is 1. The molecule has 1 aromatic heterocycles. The number of thiazole rings is 1. The number of halogens is 1. The maximum Gasteiger partial charge on any atom is 0.184 e. The fraction of sp³-hybridized carbons (Fsp3) is 0. The molecule has 1 heterocycles. The maximum absolute atomic E-state index is 8.72. The van der Waals surface area contributed by atoms with E-state index in [9.17, 15) is 0 Å². The minimum Gasteiger partial charge on any atom is -0.223 e. The zero-order chi connectivity index (χ0) is 8.55. The molecule has 12 heavy (non-hydrogen) atoms. The second-order valence-electron chi connectivity index (χ2n) is 2.23. The number of nitriles is 1. The minimum absolute atomic E-state index is 0.479. The van der Waals surface area contributed by atoms with Crippen LogP contribution in [-0.2, 0) is 0 Å². The van der Waals surface area contributed by atoms with Crippen LogP contribution < -0.4 is 0 Å². The van der Waals surface area contributed by atoms with Gasteiger partial charge < -0.3 is 0 Å². The Morgan fingerprint density at radius 2 is 2.33 bits per heavy atom. The normalized spacial score (nSPS) is 10.0. The molecule has 0 radical (unpaired) electrons. The molecule has 0 aliphatic rings. The largest absolute Gasteiger partial charge is 0.223 e. The van der Waals surface area contributed by atoms with Gasteiger partial charge in [-0.25, -0.2) is 4.98 Å². The number of rotatable bonds is 0. The SMILES string of the molecule is N#Cc1cccc2sc(Cl)nc12. The second kappa shape index (κ2) is 2.74. The Balaban J connectivity index is 2.89. The lowest BCUT2D eigenvalue weighted by Crippen LogP contribution is -1.75. The first-order valence-electron chi connectivity index (χ1n) is 3.26. The van der Waals surface area contributed by atoms with E-state index >= 15 is 0 Å². The van der Waals surface area contributed by atoms with Gasteiger partial charge in [-0.15, -0.1) is 11.3 Å². The lowest BCUT2D eigenvalue weighted by atomic mass is 10.2. The highest BCUT2D eigenvalue weighted by Crippen LogP contribution is 2.27. The number of benzene rings is 1. The fourth-order valence-electron chi connectivity index (χ4n) is 1.01. The van der Waals surface area contributed by atoms with Gasteiger partial charge in [0, 0.05) is 0 Å². The van der Waals surface area contributed by atoms with Crippen LogP contribution in [0, 0.1) is 11.3 Å². The highest BCUT2D eigenvalue weighted by Gasteiger charge is 2.04. The van der Waals surface area contributed by atoms with Gasteiger partial charge in [-0.05, 0) is 12.1 Å². The Morgan fingerprint density at radius 1 is 1.50 bits per heavy atom. The molecule has 0 amide bonds. The predicted octanol–water partition coefficient (Wildman–Crippen LogP) is 2.82. The second-order valence-corrected chi connectivity index (χ2v) is 3.84. The molecule has 0 fully saturated rings. The molecule has 0 aliphatic carbocycles. The topological polar surface area (TPSA) is 36.7 Å². The summed E-state index contributed by atoms with van der Waals surface area (Å²) in [6.07, 6.45) is 0. The number of hydrogen-bond acceptors (Lipinski definition) is 3. The number of nitrogens with zero attached hydrogens (tertiary/aromatic N) is 2. The first-order chi connectivity index (χ1) is 5.81. The quantitative estimate of drug-likeness (QED) is 0.647. The number of para-hydroxylation sites is 1. The summed E-state index contributed by atoms with van der Waals surface area (Å²) < 4.78 is 1.44. The van der Waals surface area contributed by atoms with Crippen LogP contribution in [0.3, 0.4) is 0 Å². The smallest absolute Gasteiger partial charge is 0.184 e. The zero-order valence-corrected chi connectivity index (χ0v) is 7.49. The van der Waals surface area contributed by atoms with E-state index in [1.165, 1.54) is 11.3 Å². The van der Waals surface area contributed by atoms with Crippen LogP contribution in [0.5, 0.6) is 0 Å². The van der Waals surface area contributed by atoms with Gasteiger partial charge in [0.1, 0.15) is 11.6 Å². The Labute approximate surface area is 78.0 Å². The maximum atomic E-state index is 8.72. The van der Waals surface area contributed by atoms with E-state index in [-0.39, 0.29) is 0 Å². The van der Waals surface area contributed by atoms with Crippen molar-refractivity contribution < 1.29 is 0 Å². The lowest BCUT2D eigenvalue weighted by molar-refractivity contribution is 1.45. The van der Waals surface area contributed by atoms with Gasteiger partial charge >= 0.3 is 0 Å². The predicted molar refractivity (Wildman–Crippen MR) is 49.3 cm³/mol. The minimum atomic E-state index is 0.479. The summed E-state index contributed by atoms with van der Waals surface area (Å²) in [6, 6.07) is 7.53. The van der Waals surface area contributed by atoms with E-state index < -0.39 is 0 Å². The summed E-state index contributed by atoms with van der Waals surface area (Å²) in [5.74, 6) is 0. The molecule has 2 nitrogen and oxygen atoms in total. The molecule has 0 saturated heterocycles. The molecule has 0 saturated carbocycles. The first-order valence-corrected chi connectivity index (χ1v) is 4.46. The van der Waals surface area contributed by atoms with Crippen molar-refractivity contribution in [2.45, 2.75) is 0 Å². The molecule has 2 aromatic rings. The van der Waals surface area contributed by atoms with Crippen molar-refractivity contribution in [2.24, 2.45) is 0 Å². The van der Waals surface area contributed by atoms with Gasteiger partial charge in [0.2, 0.25) is 0 Å².